The second kappa shape index (κ2) is 11.7. The van der Waals surface area contributed by atoms with Crippen LogP contribution in [0.5, 0.6) is 11.5 Å². The second-order valence-electron chi connectivity index (χ2n) is 13.3. The van der Waals surface area contributed by atoms with Gasteiger partial charge >= 0.3 is 0 Å². The number of aromatic nitrogens is 1. The Bertz CT molecular complexity index is 1480. The molecular formula is C36H44ClN3O2. The van der Waals surface area contributed by atoms with E-state index >= 15 is 0 Å². The third kappa shape index (κ3) is 5.51. The zero-order valence-electron chi connectivity index (χ0n) is 25.3. The number of ether oxygens (including phenoxy) is 2. The predicted molar refractivity (Wildman–Crippen MR) is 172 cm³/mol. The highest BCUT2D eigenvalue weighted by Crippen LogP contribution is 2.47. The maximum Gasteiger partial charge on any atom is 0.161 e. The van der Waals surface area contributed by atoms with Gasteiger partial charge in [0.1, 0.15) is 0 Å². The fourth-order valence-corrected chi connectivity index (χ4v) is 8.70. The summed E-state index contributed by atoms with van der Waals surface area (Å²) in [5.74, 6) is 4.48. The van der Waals surface area contributed by atoms with Crippen molar-refractivity contribution in [3.05, 3.63) is 69.4 Å². The van der Waals surface area contributed by atoms with E-state index < -0.39 is 0 Å². The van der Waals surface area contributed by atoms with E-state index in [1.807, 2.05) is 12.1 Å². The van der Waals surface area contributed by atoms with Crippen LogP contribution >= 0.6 is 11.6 Å². The van der Waals surface area contributed by atoms with E-state index in [1.54, 1.807) is 14.2 Å². The van der Waals surface area contributed by atoms with Crippen LogP contribution in [0.15, 0.2) is 42.0 Å². The van der Waals surface area contributed by atoms with Gasteiger partial charge in [0, 0.05) is 40.4 Å². The number of pyridine rings is 1. The minimum Gasteiger partial charge on any atom is -0.493 e. The lowest BCUT2D eigenvalue weighted by Gasteiger charge is -2.36. The minimum atomic E-state index is 0.568. The molecule has 5 nitrogen and oxygen atoms in total. The number of benzene rings is 2. The molecule has 0 spiro atoms. The molecule has 2 atom stereocenters. The van der Waals surface area contributed by atoms with E-state index in [2.05, 4.69) is 41.4 Å². The Morgan fingerprint density at radius 2 is 1.69 bits per heavy atom. The molecule has 7 rings (SSSR count). The number of allylic oxidation sites excluding steroid dienone is 2. The number of methoxy groups -OCH3 is 2. The van der Waals surface area contributed by atoms with Crippen LogP contribution in [0.25, 0.3) is 10.9 Å². The molecule has 2 heterocycles. The Balaban J connectivity index is 0.964. The molecule has 0 amide bonds. The quantitative estimate of drug-likeness (QED) is 0.273. The maximum absolute atomic E-state index is 6.40. The van der Waals surface area contributed by atoms with Crippen LogP contribution in [0.2, 0.25) is 5.02 Å². The Morgan fingerprint density at radius 3 is 2.40 bits per heavy atom. The van der Waals surface area contributed by atoms with Crippen LogP contribution in [0.4, 0.5) is 5.69 Å². The predicted octanol–water partition coefficient (Wildman–Crippen LogP) is 7.83. The van der Waals surface area contributed by atoms with Gasteiger partial charge in [-0.1, -0.05) is 23.3 Å². The summed E-state index contributed by atoms with van der Waals surface area (Å²) in [6.45, 7) is 6.75. The van der Waals surface area contributed by atoms with Gasteiger partial charge in [0.25, 0.3) is 0 Å². The number of hydrogen-bond acceptors (Lipinski definition) is 5. The molecule has 0 saturated carbocycles. The highest BCUT2D eigenvalue weighted by molar-refractivity contribution is 6.31. The number of nitrogens with one attached hydrogen (secondary N) is 1. The topological polar surface area (TPSA) is 46.6 Å². The molecule has 4 aliphatic rings. The summed E-state index contributed by atoms with van der Waals surface area (Å²) in [4.78, 5) is 7.81. The molecule has 1 aromatic heterocycles. The first kappa shape index (κ1) is 28.0. The Labute approximate surface area is 255 Å². The van der Waals surface area contributed by atoms with Crippen molar-refractivity contribution in [3.63, 3.8) is 0 Å². The Kier molecular flexibility index (Phi) is 7.83. The average molecular weight is 586 g/mol. The van der Waals surface area contributed by atoms with Crippen molar-refractivity contribution in [1.29, 1.82) is 0 Å². The van der Waals surface area contributed by atoms with Gasteiger partial charge in [-0.2, -0.15) is 0 Å². The molecule has 2 aromatic carbocycles. The van der Waals surface area contributed by atoms with Gasteiger partial charge < -0.3 is 19.7 Å². The largest absolute Gasteiger partial charge is 0.493 e. The first-order valence-corrected chi connectivity index (χ1v) is 16.3. The van der Waals surface area contributed by atoms with Crippen molar-refractivity contribution in [3.8, 4) is 11.5 Å². The van der Waals surface area contributed by atoms with Gasteiger partial charge in [-0.25, -0.2) is 0 Å². The molecule has 1 fully saturated rings. The highest BCUT2D eigenvalue weighted by Gasteiger charge is 2.34. The van der Waals surface area contributed by atoms with Crippen molar-refractivity contribution in [2.75, 3.05) is 45.7 Å². The normalized spacial score (nSPS) is 22.5. The molecular weight excluding hydrogens is 542 g/mol. The Morgan fingerprint density at radius 1 is 0.952 bits per heavy atom. The van der Waals surface area contributed by atoms with E-state index in [1.165, 1.54) is 90.6 Å². The molecule has 42 heavy (non-hydrogen) atoms. The van der Waals surface area contributed by atoms with Crippen LogP contribution in [0.3, 0.4) is 0 Å². The van der Waals surface area contributed by atoms with Crippen LogP contribution in [-0.2, 0) is 19.3 Å². The van der Waals surface area contributed by atoms with Crippen molar-refractivity contribution in [2.24, 2.45) is 17.8 Å². The molecule has 2 bridgehead atoms. The molecule has 3 aromatic rings. The highest BCUT2D eigenvalue weighted by atomic mass is 35.5. The number of rotatable bonds is 8. The zero-order valence-corrected chi connectivity index (χ0v) is 26.1. The maximum atomic E-state index is 6.40. The summed E-state index contributed by atoms with van der Waals surface area (Å²) in [6.07, 6.45) is 12.2. The van der Waals surface area contributed by atoms with Crippen LogP contribution in [0.1, 0.15) is 67.3 Å². The van der Waals surface area contributed by atoms with Gasteiger partial charge in [0.15, 0.2) is 11.5 Å². The standard InChI is InChI=1S/C36H44ClN3O2/c1-22-12-24-17-28(13-22)35-32(18-24)39-31-21-29(37)4-5-30(31)36(35)38-8-11-40-9-6-23(7-10-40)14-25-15-26-19-33(41-2)34(42-3)20-27(26)16-25/h4-5,12,19-21,23-25,28H,6-11,13-18H2,1-3H3,(H,38,39)/t24-,28-/m1/s1. The summed E-state index contributed by atoms with van der Waals surface area (Å²) >= 11 is 6.40. The van der Waals surface area contributed by atoms with Gasteiger partial charge in [-0.05, 0) is 137 Å². The van der Waals surface area contributed by atoms with Gasteiger partial charge in [-0.15, -0.1) is 0 Å². The first-order chi connectivity index (χ1) is 20.5. The second-order valence-corrected chi connectivity index (χ2v) is 13.8. The van der Waals surface area contributed by atoms with Crippen LogP contribution in [0, 0.1) is 17.8 Å². The summed E-state index contributed by atoms with van der Waals surface area (Å²) in [5, 5.41) is 5.91. The van der Waals surface area contributed by atoms with E-state index in [-0.39, 0.29) is 0 Å². The summed E-state index contributed by atoms with van der Waals surface area (Å²) in [7, 11) is 3.46. The lowest BCUT2D eigenvalue weighted by Crippen LogP contribution is -2.37. The lowest BCUT2D eigenvalue weighted by molar-refractivity contribution is 0.172. The van der Waals surface area contributed by atoms with Crippen LogP contribution < -0.4 is 14.8 Å². The third-order valence-corrected chi connectivity index (χ3v) is 10.7. The van der Waals surface area contributed by atoms with E-state index in [0.29, 0.717) is 11.8 Å². The van der Waals surface area contributed by atoms with Gasteiger partial charge in [-0.3, -0.25) is 4.98 Å². The molecule has 0 unspecified atom stereocenters. The summed E-state index contributed by atoms with van der Waals surface area (Å²) in [5.41, 5.74) is 9.52. The number of halogens is 1. The molecule has 1 aliphatic heterocycles. The zero-order chi connectivity index (χ0) is 28.8. The van der Waals surface area contributed by atoms with E-state index in [9.17, 15) is 0 Å². The molecule has 1 N–H and O–H groups in total. The number of nitrogens with zero attached hydrogens (tertiary/aromatic N) is 2. The van der Waals surface area contributed by atoms with Crippen molar-refractivity contribution in [2.45, 2.75) is 64.2 Å². The number of fused-ring (bicyclic) bond motifs is 6. The van der Waals surface area contributed by atoms with E-state index in [4.69, 9.17) is 26.1 Å². The fourth-order valence-electron chi connectivity index (χ4n) is 8.54. The van der Waals surface area contributed by atoms with Crippen molar-refractivity contribution < 1.29 is 9.47 Å². The van der Waals surface area contributed by atoms with Crippen molar-refractivity contribution >= 4 is 28.2 Å². The molecule has 0 radical (unpaired) electrons. The SMILES string of the molecule is COc1cc2c(cc1OC)CC(CC1CCN(CCNc3c4c(nc5cc(Cl)ccc35)C[C@@H]3C=C(C)C[C@@H]4C3)CC1)C2. The van der Waals surface area contributed by atoms with Crippen LogP contribution in [-0.4, -0.2) is 50.3 Å². The fraction of sp³-hybridized carbons (Fsp3) is 0.528. The number of hydrogen-bond donors (Lipinski definition) is 1. The number of piperidine rings is 1. The van der Waals surface area contributed by atoms with E-state index in [0.717, 1.165) is 59.8 Å². The third-order valence-electron chi connectivity index (χ3n) is 10.4. The number of anilines is 1. The lowest BCUT2D eigenvalue weighted by atomic mass is 9.71. The van der Waals surface area contributed by atoms with Crippen molar-refractivity contribution in [1.82, 2.24) is 9.88 Å². The van der Waals surface area contributed by atoms with Gasteiger partial charge in [0.2, 0.25) is 0 Å². The van der Waals surface area contributed by atoms with Gasteiger partial charge in [0.05, 0.1) is 19.7 Å². The monoisotopic (exact) mass is 585 g/mol. The first-order valence-electron chi connectivity index (χ1n) is 16.0. The summed E-state index contributed by atoms with van der Waals surface area (Å²) < 4.78 is 11.1. The average Bonchev–Trinajstić information content (AvgIpc) is 3.37. The Hall–Kier alpha value is -2.76. The smallest absolute Gasteiger partial charge is 0.161 e. The molecule has 222 valence electrons. The molecule has 1 saturated heterocycles. The number of likely N-dealkylation sites (tertiary alicyclic amines) is 1. The summed E-state index contributed by atoms with van der Waals surface area (Å²) in [6, 6.07) is 10.6. The molecule has 6 heteroatoms. The molecule has 3 aliphatic carbocycles. The minimum absolute atomic E-state index is 0.568.